The molecule has 0 spiro atoms. The zero-order valence-corrected chi connectivity index (χ0v) is 10.9. The van der Waals surface area contributed by atoms with Gasteiger partial charge in [-0.15, -0.1) is 0 Å². The molecule has 2 unspecified atom stereocenters. The maximum absolute atomic E-state index is 11.6. The van der Waals surface area contributed by atoms with Crippen LogP contribution in [0.5, 0.6) is 0 Å². The predicted octanol–water partition coefficient (Wildman–Crippen LogP) is 1.52. The van der Waals surface area contributed by atoms with E-state index in [0.29, 0.717) is 0 Å². The van der Waals surface area contributed by atoms with Gasteiger partial charge in [-0.05, 0) is 19.5 Å². The van der Waals surface area contributed by atoms with Crippen LogP contribution in [0, 0.1) is 0 Å². The van der Waals surface area contributed by atoms with Crippen LogP contribution in [0.1, 0.15) is 18.6 Å². The minimum absolute atomic E-state index is 0.0930. The Labute approximate surface area is 111 Å². The summed E-state index contributed by atoms with van der Waals surface area (Å²) >= 11 is 0. The molecule has 2 N–H and O–H groups in total. The van der Waals surface area contributed by atoms with Crippen LogP contribution in [0.25, 0.3) is 0 Å². The summed E-state index contributed by atoms with van der Waals surface area (Å²) in [5.41, 5.74) is 0.849. The molecule has 0 amide bonds. The number of likely N-dealkylation sites (N-methyl/N-ethyl adjacent to an activating group) is 1. The van der Waals surface area contributed by atoms with Gasteiger partial charge in [-0.3, -0.25) is 0 Å². The van der Waals surface area contributed by atoms with Gasteiger partial charge in [0.1, 0.15) is 6.10 Å². The number of carbonyl (C=O) groups is 2. The Bertz CT molecular complexity index is 456. The molecule has 0 heterocycles. The zero-order chi connectivity index (χ0) is 14.3. The number of esters is 1. The molecule has 1 rings (SSSR count). The fourth-order valence-electron chi connectivity index (χ4n) is 1.56. The number of carboxylic acid groups (broad SMARTS) is 1. The first-order valence-corrected chi connectivity index (χ1v) is 5.88. The van der Waals surface area contributed by atoms with Gasteiger partial charge < -0.3 is 15.2 Å². The van der Waals surface area contributed by atoms with Crippen LogP contribution in [-0.4, -0.2) is 30.1 Å². The number of aliphatic carboxylic acids is 1. The number of nitrogens with one attached hydrogen (secondary N) is 1. The van der Waals surface area contributed by atoms with Crippen molar-refractivity contribution in [2.24, 2.45) is 0 Å². The summed E-state index contributed by atoms with van der Waals surface area (Å²) in [6, 6.07) is 9.19. The molecule has 19 heavy (non-hydrogen) atoms. The van der Waals surface area contributed by atoms with Crippen molar-refractivity contribution in [3.63, 3.8) is 0 Å². The number of rotatable bonds is 6. The van der Waals surface area contributed by atoms with Crippen molar-refractivity contribution in [2.75, 3.05) is 7.05 Å². The van der Waals surface area contributed by atoms with E-state index in [1.807, 2.05) is 37.3 Å². The van der Waals surface area contributed by atoms with Gasteiger partial charge in [0.2, 0.25) is 0 Å². The van der Waals surface area contributed by atoms with E-state index in [2.05, 4.69) is 5.32 Å². The average Bonchev–Trinajstić information content (AvgIpc) is 2.42. The monoisotopic (exact) mass is 263 g/mol. The molecule has 0 saturated carbocycles. The fraction of sp³-hybridized carbons (Fsp3) is 0.286. The van der Waals surface area contributed by atoms with E-state index in [4.69, 9.17) is 9.84 Å². The largest absolute Gasteiger partial charge is 0.478 e. The van der Waals surface area contributed by atoms with E-state index in [1.54, 1.807) is 7.05 Å². The molecule has 0 aromatic heterocycles. The van der Waals surface area contributed by atoms with Crippen LogP contribution < -0.4 is 5.32 Å². The highest BCUT2D eigenvalue weighted by atomic mass is 16.5. The predicted molar refractivity (Wildman–Crippen MR) is 70.6 cm³/mol. The van der Waals surface area contributed by atoms with Gasteiger partial charge in [0.25, 0.3) is 0 Å². The van der Waals surface area contributed by atoms with Gasteiger partial charge in [-0.1, -0.05) is 30.3 Å². The third-order valence-electron chi connectivity index (χ3n) is 2.64. The Balaban J connectivity index is 2.82. The lowest BCUT2D eigenvalue weighted by molar-refractivity contribution is -0.145. The smallest absolute Gasteiger partial charge is 0.331 e. The number of hydrogen-bond donors (Lipinski definition) is 2. The first-order chi connectivity index (χ1) is 9.04. The van der Waals surface area contributed by atoms with Crippen LogP contribution in [0.3, 0.4) is 0 Å². The Morgan fingerprint density at radius 3 is 2.42 bits per heavy atom. The fourth-order valence-corrected chi connectivity index (χ4v) is 1.56. The topological polar surface area (TPSA) is 75.6 Å². The Morgan fingerprint density at radius 1 is 1.26 bits per heavy atom. The first-order valence-electron chi connectivity index (χ1n) is 5.88. The van der Waals surface area contributed by atoms with Gasteiger partial charge in [0.05, 0.1) is 0 Å². The van der Waals surface area contributed by atoms with Gasteiger partial charge >= 0.3 is 11.9 Å². The molecule has 0 aliphatic heterocycles. The van der Waals surface area contributed by atoms with E-state index < -0.39 is 18.0 Å². The van der Waals surface area contributed by atoms with E-state index in [-0.39, 0.29) is 6.04 Å². The molecular weight excluding hydrogens is 246 g/mol. The van der Waals surface area contributed by atoms with Gasteiger partial charge in [0.15, 0.2) is 0 Å². The van der Waals surface area contributed by atoms with Crippen LogP contribution >= 0.6 is 0 Å². The van der Waals surface area contributed by atoms with Crippen molar-refractivity contribution in [1.29, 1.82) is 0 Å². The molecule has 5 nitrogen and oxygen atoms in total. The summed E-state index contributed by atoms with van der Waals surface area (Å²) in [5.74, 6) is -1.87. The summed E-state index contributed by atoms with van der Waals surface area (Å²) in [6.07, 6.45) is 1.19. The maximum Gasteiger partial charge on any atom is 0.331 e. The van der Waals surface area contributed by atoms with Crippen molar-refractivity contribution in [3.8, 4) is 0 Å². The second-order valence-corrected chi connectivity index (χ2v) is 4.02. The van der Waals surface area contributed by atoms with Gasteiger partial charge in [0, 0.05) is 18.2 Å². The Kier molecular flexibility index (Phi) is 5.75. The molecule has 5 heteroatoms. The molecule has 0 fully saturated rings. The Hall–Kier alpha value is -2.14. The maximum atomic E-state index is 11.6. The molecule has 0 saturated heterocycles. The number of benzene rings is 1. The average molecular weight is 263 g/mol. The SMILES string of the molecule is CNC(C)C(OC(=O)/C=C\C(=O)O)c1ccccc1. The summed E-state index contributed by atoms with van der Waals surface area (Å²) in [5, 5.41) is 11.5. The lowest BCUT2D eigenvalue weighted by Crippen LogP contribution is -2.31. The lowest BCUT2D eigenvalue weighted by atomic mass is 10.0. The van der Waals surface area contributed by atoms with E-state index in [9.17, 15) is 9.59 Å². The minimum Gasteiger partial charge on any atom is -0.478 e. The summed E-state index contributed by atoms with van der Waals surface area (Å²) in [6.45, 7) is 1.88. The second-order valence-electron chi connectivity index (χ2n) is 4.02. The van der Waals surface area contributed by atoms with Crippen molar-refractivity contribution in [3.05, 3.63) is 48.0 Å². The molecular formula is C14H17NO4. The molecule has 0 aliphatic carbocycles. The summed E-state index contributed by atoms with van der Waals surface area (Å²) < 4.78 is 5.29. The normalized spacial score (nSPS) is 14.0. The number of ether oxygens (including phenoxy) is 1. The molecule has 1 aromatic rings. The van der Waals surface area contributed by atoms with Crippen LogP contribution in [0.2, 0.25) is 0 Å². The molecule has 1 aromatic carbocycles. The van der Waals surface area contributed by atoms with Crippen molar-refractivity contribution in [1.82, 2.24) is 5.32 Å². The third kappa shape index (κ3) is 4.93. The third-order valence-corrected chi connectivity index (χ3v) is 2.64. The van der Waals surface area contributed by atoms with Crippen LogP contribution in [-0.2, 0) is 14.3 Å². The lowest BCUT2D eigenvalue weighted by Gasteiger charge is -2.23. The minimum atomic E-state index is -1.19. The number of carbonyl (C=O) groups excluding carboxylic acids is 1. The Morgan fingerprint density at radius 2 is 1.89 bits per heavy atom. The quantitative estimate of drug-likeness (QED) is 0.601. The van der Waals surface area contributed by atoms with E-state index >= 15 is 0 Å². The molecule has 102 valence electrons. The van der Waals surface area contributed by atoms with E-state index in [0.717, 1.165) is 17.7 Å². The van der Waals surface area contributed by atoms with Crippen molar-refractivity contribution >= 4 is 11.9 Å². The summed E-state index contributed by atoms with van der Waals surface area (Å²) in [4.78, 5) is 21.9. The zero-order valence-electron chi connectivity index (χ0n) is 10.9. The molecule has 0 bridgehead atoms. The standard InChI is InChI=1S/C14H17NO4/c1-10(15-2)14(11-6-4-3-5-7-11)19-13(18)9-8-12(16)17/h3-10,14-15H,1-2H3,(H,16,17)/b9-8-. The van der Waals surface area contributed by atoms with Crippen LogP contribution in [0.15, 0.2) is 42.5 Å². The van der Waals surface area contributed by atoms with Gasteiger partial charge in [-0.2, -0.15) is 0 Å². The number of hydrogen-bond acceptors (Lipinski definition) is 4. The van der Waals surface area contributed by atoms with Crippen molar-refractivity contribution in [2.45, 2.75) is 19.1 Å². The van der Waals surface area contributed by atoms with Gasteiger partial charge in [-0.25, -0.2) is 9.59 Å². The highest BCUT2D eigenvalue weighted by Crippen LogP contribution is 2.21. The van der Waals surface area contributed by atoms with Crippen LogP contribution in [0.4, 0.5) is 0 Å². The number of carboxylic acids is 1. The highest BCUT2D eigenvalue weighted by Gasteiger charge is 2.21. The first kappa shape index (κ1) is 14.9. The molecule has 0 aliphatic rings. The van der Waals surface area contributed by atoms with Crippen molar-refractivity contribution < 1.29 is 19.4 Å². The van der Waals surface area contributed by atoms with E-state index in [1.165, 1.54) is 0 Å². The second kappa shape index (κ2) is 7.33. The highest BCUT2D eigenvalue weighted by molar-refractivity contribution is 5.90. The summed E-state index contributed by atoms with van der Waals surface area (Å²) in [7, 11) is 1.77. The molecule has 2 atom stereocenters. The molecule has 0 radical (unpaired) electrons.